The van der Waals surface area contributed by atoms with Crippen molar-refractivity contribution in [3.8, 4) is 11.5 Å². The molecular weight excluding hydrogens is 600 g/mol. The lowest BCUT2D eigenvalue weighted by molar-refractivity contribution is -0.187. The van der Waals surface area contributed by atoms with Crippen LogP contribution in [0.4, 0.5) is 0 Å². The van der Waals surface area contributed by atoms with E-state index in [1.165, 1.54) is 38.5 Å². The van der Waals surface area contributed by atoms with Crippen molar-refractivity contribution in [3.63, 3.8) is 0 Å². The van der Waals surface area contributed by atoms with E-state index in [2.05, 4.69) is 35.5 Å². The van der Waals surface area contributed by atoms with Crippen LogP contribution in [0.1, 0.15) is 41.4 Å². The Labute approximate surface area is 243 Å². The zero-order valence-electron chi connectivity index (χ0n) is 21.8. The topological polar surface area (TPSA) is 124 Å². The van der Waals surface area contributed by atoms with Crippen molar-refractivity contribution in [1.29, 1.82) is 0 Å². The van der Waals surface area contributed by atoms with Gasteiger partial charge in [-0.2, -0.15) is 0 Å². The van der Waals surface area contributed by atoms with Gasteiger partial charge in [0.05, 0.1) is 36.5 Å². The first-order chi connectivity index (χ1) is 19.8. The number of ether oxygens (including phenoxy) is 2. The van der Waals surface area contributed by atoms with Crippen LogP contribution in [0, 0.1) is 0 Å². The maximum absolute atomic E-state index is 11.7. The van der Waals surface area contributed by atoms with Gasteiger partial charge in [0.1, 0.15) is 11.5 Å². The molecule has 0 aromatic heterocycles. The second-order valence-corrected chi connectivity index (χ2v) is 8.73. The Hall–Kier alpha value is -5.16. The highest BCUT2D eigenvalue weighted by atomic mass is 79.9. The highest BCUT2D eigenvalue weighted by Crippen LogP contribution is 2.15. The molecule has 0 fully saturated rings. The van der Waals surface area contributed by atoms with Gasteiger partial charge in [-0.25, -0.2) is 38.7 Å². The molecule has 0 heterocycles. The third kappa shape index (κ3) is 9.52. The fourth-order valence-corrected chi connectivity index (χ4v) is 3.39. The Balaban J connectivity index is 0.000000226. The zero-order valence-corrected chi connectivity index (χ0v) is 23.4. The van der Waals surface area contributed by atoms with Gasteiger partial charge in [-0.3, -0.25) is 0 Å². The number of hydrogen-bond acceptors (Lipinski definition) is 10. The van der Waals surface area contributed by atoms with Crippen LogP contribution in [-0.2, 0) is 19.6 Å². The van der Waals surface area contributed by atoms with Gasteiger partial charge in [0, 0.05) is 4.47 Å². The third-order valence-electron chi connectivity index (χ3n) is 5.11. The predicted molar refractivity (Wildman–Crippen MR) is 148 cm³/mol. The van der Waals surface area contributed by atoms with Crippen LogP contribution in [0.2, 0.25) is 0 Å². The van der Waals surface area contributed by atoms with Gasteiger partial charge in [0.2, 0.25) is 0 Å². The van der Waals surface area contributed by atoms with Crippen LogP contribution >= 0.6 is 15.9 Å². The van der Waals surface area contributed by atoms with Crippen LogP contribution in [0.15, 0.2) is 108 Å². The molecule has 0 atom stereocenters. The third-order valence-corrected chi connectivity index (χ3v) is 5.60. The first-order valence-electron chi connectivity index (χ1n) is 11.8. The van der Waals surface area contributed by atoms with E-state index in [4.69, 9.17) is 9.47 Å². The van der Waals surface area contributed by atoms with Gasteiger partial charge >= 0.3 is 23.9 Å². The Kier molecular flexibility index (Phi) is 11.4. The fraction of sp³-hybridized carbons (Fsp3) is 0.0667. The van der Waals surface area contributed by atoms with Crippen molar-refractivity contribution in [2.75, 3.05) is 14.2 Å². The summed E-state index contributed by atoms with van der Waals surface area (Å²) in [6.45, 7) is 0. The molecule has 0 amide bonds. The van der Waals surface area contributed by atoms with Gasteiger partial charge < -0.3 is 9.47 Å². The van der Waals surface area contributed by atoms with Gasteiger partial charge in [-0.05, 0) is 78.9 Å². The summed E-state index contributed by atoms with van der Waals surface area (Å²) in [4.78, 5) is 64.6. The Bertz CT molecular complexity index is 1470. The van der Waals surface area contributed by atoms with E-state index in [1.807, 2.05) is 0 Å². The van der Waals surface area contributed by atoms with Gasteiger partial charge in [-0.1, -0.05) is 40.2 Å². The van der Waals surface area contributed by atoms with Gasteiger partial charge in [0.15, 0.2) is 0 Å². The lowest BCUT2D eigenvalue weighted by Crippen LogP contribution is -2.11. The molecule has 0 saturated heterocycles. The monoisotopic (exact) mass is 622 g/mol. The largest absolute Gasteiger partial charge is 0.497 e. The smallest absolute Gasteiger partial charge is 0.386 e. The molecule has 4 aromatic rings. The molecule has 0 saturated carbocycles. The predicted octanol–water partition coefficient (Wildman–Crippen LogP) is 6.01. The van der Waals surface area contributed by atoms with E-state index in [-0.39, 0.29) is 16.7 Å². The number of hydrogen-bond donors (Lipinski definition) is 0. The molecule has 0 aliphatic rings. The fourth-order valence-electron chi connectivity index (χ4n) is 2.99. The van der Waals surface area contributed by atoms with Crippen LogP contribution < -0.4 is 9.47 Å². The van der Waals surface area contributed by atoms with Gasteiger partial charge in [0.25, 0.3) is 0 Å². The van der Waals surface area contributed by atoms with Crippen LogP contribution in [0.25, 0.3) is 0 Å². The van der Waals surface area contributed by atoms with E-state index in [1.54, 1.807) is 78.9 Å². The molecule has 0 bridgehead atoms. The van der Waals surface area contributed by atoms with E-state index >= 15 is 0 Å². The number of benzene rings is 4. The summed E-state index contributed by atoms with van der Waals surface area (Å²) in [5, 5.41) is 0. The number of methoxy groups -OCH3 is 2. The second kappa shape index (κ2) is 15.4. The normalized spacial score (nSPS) is 9.73. The summed E-state index contributed by atoms with van der Waals surface area (Å²) >= 11 is 3.23. The summed E-state index contributed by atoms with van der Waals surface area (Å²) in [5.41, 5.74) is 1.08. The summed E-state index contributed by atoms with van der Waals surface area (Å²) < 4.78 is 10.7. The van der Waals surface area contributed by atoms with Gasteiger partial charge in [-0.15, -0.1) is 0 Å². The van der Waals surface area contributed by atoms with Crippen molar-refractivity contribution >= 4 is 39.8 Å². The molecule has 0 aliphatic heterocycles. The first kappa shape index (κ1) is 30.4. The molecule has 0 unspecified atom stereocenters. The molecule has 4 aromatic carbocycles. The van der Waals surface area contributed by atoms with Crippen LogP contribution in [-0.4, -0.2) is 38.1 Å². The van der Waals surface area contributed by atoms with Crippen molar-refractivity contribution in [2.45, 2.75) is 0 Å². The summed E-state index contributed by atoms with van der Waals surface area (Å²) in [6, 6.07) is 27.3. The zero-order chi connectivity index (χ0) is 29.6. The molecule has 0 spiro atoms. The highest BCUT2D eigenvalue weighted by Gasteiger charge is 2.15. The van der Waals surface area contributed by atoms with Crippen molar-refractivity contribution in [1.82, 2.24) is 0 Å². The molecular formula is C30H23BrO10. The maximum atomic E-state index is 11.7. The molecule has 41 heavy (non-hydrogen) atoms. The molecule has 0 N–H and O–H groups in total. The van der Waals surface area contributed by atoms with E-state index in [9.17, 15) is 19.2 Å². The molecule has 4 rings (SSSR count). The minimum absolute atomic E-state index is 0.248. The van der Waals surface area contributed by atoms with Crippen molar-refractivity contribution in [2.24, 2.45) is 0 Å². The summed E-state index contributed by atoms with van der Waals surface area (Å²) in [5.74, 6) is -1.77. The van der Waals surface area contributed by atoms with E-state index in [0.29, 0.717) is 17.1 Å². The Morgan fingerprint density at radius 2 is 0.829 bits per heavy atom. The number of rotatable bonds is 6. The molecule has 10 nitrogen and oxygen atoms in total. The average molecular weight is 623 g/mol. The minimum Gasteiger partial charge on any atom is -0.497 e. The second-order valence-electron chi connectivity index (χ2n) is 7.82. The van der Waals surface area contributed by atoms with Crippen LogP contribution in [0.3, 0.4) is 0 Å². The summed E-state index contributed by atoms with van der Waals surface area (Å²) in [6.07, 6.45) is 0. The first-order valence-corrected chi connectivity index (χ1v) is 12.5. The molecule has 0 radical (unpaired) electrons. The number of carbonyl (C=O) groups excluding carboxylic acids is 4. The minimum atomic E-state index is -0.763. The molecule has 11 heteroatoms. The SMILES string of the molecule is COc1ccc(C(=O)OOC(=O)c2cccc(Br)c2)cc1.COc1ccc(C(=O)OOC(=O)c2ccccc2)cc1. The standard InChI is InChI=1S/C15H11BrO5.C15H12O5/c1-19-13-7-5-10(6-8-13)14(17)20-21-15(18)11-3-2-4-12(16)9-11;1-18-13-9-7-12(8-10-13)15(17)20-19-14(16)11-5-3-2-4-6-11/h2-9H,1H3;2-10H,1H3. The van der Waals surface area contributed by atoms with Crippen LogP contribution in [0.5, 0.6) is 11.5 Å². The lowest BCUT2D eigenvalue weighted by atomic mass is 10.2. The number of carbonyl (C=O) groups is 4. The lowest BCUT2D eigenvalue weighted by Gasteiger charge is -2.04. The Morgan fingerprint density at radius 1 is 0.463 bits per heavy atom. The molecule has 210 valence electrons. The Morgan fingerprint density at radius 3 is 1.22 bits per heavy atom. The number of halogens is 1. The summed E-state index contributed by atoms with van der Waals surface area (Å²) in [7, 11) is 3.04. The molecule has 0 aliphatic carbocycles. The average Bonchev–Trinajstić information content (AvgIpc) is 3.03. The van der Waals surface area contributed by atoms with E-state index in [0.717, 1.165) is 4.47 Å². The highest BCUT2D eigenvalue weighted by molar-refractivity contribution is 9.10. The van der Waals surface area contributed by atoms with E-state index < -0.39 is 23.9 Å². The van der Waals surface area contributed by atoms with Crippen molar-refractivity contribution in [3.05, 3.63) is 130 Å². The maximum Gasteiger partial charge on any atom is 0.386 e. The quantitative estimate of drug-likeness (QED) is 0.186. The van der Waals surface area contributed by atoms with Crippen molar-refractivity contribution < 1.29 is 48.2 Å².